The molecule has 11 nitrogen and oxygen atoms in total. The normalized spacial score (nSPS) is 19.3. The molecule has 1 aromatic heterocycles. The molecule has 0 spiro atoms. The van der Waals surface area contributed by atoms with Gasteiger partial charge in [-0.1, -0.05) is 24.3 Å². The molecule has 1 aliphatic heterocycles. The average molecular weight is 624 g/mol. The molecule has 2 fully saturated rings. The highest BCUT2D eigenvalue weighted by Gasteiger charge is 2.39. The van der Waals surface area contributed by atoms with Gasteiger partial charge in [-0.05, 0) is 80.3 Å². The van der Waals surface area contributed by atoms with Crippen molar-refractivity contribution in [3.8, 4) is 0 Å². The van der Waals surface area contributed by atoms with Crippen LogP contribution in [-0.2, 0) is 19.6 Å². The molecule has 0 radical (unpaired) electrons. The van der Waals surface area contributed by atoms with Crippen LogP contribution >= 0.6 is 0 Å². The lowest BCUT2D eigenvalue weighted by Gasteiger charge is -2.26. The second kappa shape index (κ2) is 12.8. The Morgan fingerprint density at radius 1 is 1.14 bits per heavy atom. The maximum Gasteiger partial charge on any atom is 0.270 e. The lowest BCUT2D eigenvalue weighted by Crippen LogP contribution is -2.49. The van der Waals surface area contributed by atoms with Crippen LogP contribution in [0.25, 0.3) is 17.0 Å². The van der Waals surface area contributed by atoms with Crippen molar-refractivity contribution in [3.05, 3.63) is 77.2 Å². The second-order valence-corrected chi connectivity index (χ2v) is 13.0. The highest BCUT2D eigenvalue weighted by Crippen LogP contribution is 2.32. The summed E-state index contributed by atoms with van der Waals surface area (Å²) in [5.74, 6) is -1.65. The first-order valence-electron chi connectivity index (χ1n) is 14.3. The number of nitrogens with one attached hydrogen (secondary N) is 3. The van der Waals surface area contributed by atoms with Gasteiger partial charge in [0.15, 0.2) is 0 Å². The monoisotopic (exact) mass is 623 g/mol. The third kappa shape index (κ3) is 7.12. The van der Waals surface area contributed by atoms with Crippen LogP contribution in [0.15, 0.2) is 59.5 Å². The second-order valence-electron chi connectivity index (χ2n) is 11.1. The molecule has 2 aromatic carbocycles. The number of likely N-dealkylation sites (tertiary alicyclic amines) is 1. The van der Waals surface area contributed by atoms with Crippen molar-refractivity contribution in [2.24, 2.45) is 5.92 Å². The summed E-state index contributed by atoms with van der Waals surface area (Å²) in [5.41, 5.74) is 1.80. The first kappa shape index (κ1) is 31.2. The minimum Gasteiger partial charge on any atom is -0.391 e. The molecule has 2 heterocycles. The van der Waals surface area contributed by atoms with E-state index in [1.807, 2.05) is 6.08 Å². The lowest BCUT2D eigenvalue weighted by atomic mass is 10.00. The summed E-state index contributed by atoms with van der Waals surface area (Å²) in [7, 11) is -2.41. The van der Waals surface area contributed by atoms with Crippen LogP contribution in [-0.4, -0.2) is 73.4 Å². The van der Waals surface area contributed by atoms with Gasteiger partial charge in [0.25, 0.3) is 5.91 Å². The summed E-state index contributed by atoms with van der Waals surface area (Å²) in [5, 5.41) is 16.2. The SMILES string of the molecule is CNS(=O)(=O)c1ccc(/C=C/C2CC2)c([C@@H](C)NC(=O)[C@@H]2C[C@@H](O)CN2C(=O)CNC(=O)c2ccc3cc(F)ccc3n2)c1. The number of hydrogen-bond donors (Lipinski definition) is 4. The zero-order chi connectivity index (χ0) is 31.6. The van der Waals surface area contributed by atoms with Gasteiger partial charge in [-0.25, -0.2) is 22.5 Å². The van der Waals surface area contributed by atoms with Crippen molar-refractivity contribution in [2.45, 2.75) is 49.3 Å². The van der Waals surface area contributed by atoms with E-state index >= 15 is 0 Å². The molecular weight excluding hydrogens is 589 g/mol. The molecule has 1 aliphatic carbocycles. The fourth-order valence-electron chi connectivity index (χ4n) is 5.19. The zero-order valence-corrected chi connectivity index (χ0v) is 25.1. The van der Waals surface area contributed by atoms with Crippen molar-refractivity contribution in [1.29, 1.82) is 0 Å². The number of allylic oxidation sites excluding steroid dienone is 1. The topological polar surface area (TPSA) is 158 Å². The Bertz CT molecular complexity index is 1740. The van der Waals surface area contributed by atoms with Crippen molar-refractivity contribution in [1.82, 2.24) is 25.2 Å². The number of benzene rings is 2. The number of fused-ring (bicyclic) bond motifs is 1. The minimum atomic E-state index is -3.73. The van der Waals surface area contributed by atoms with Crippen LogP contribution in [0.4, 0.5) is 4.39 Å². The largest absolute Gasteiger partial charge is 0.391 e. The number of aliphatic hydroxyl groups excluding tert-OH is 1. The van der Waals surface area contributed by atoms with Gasteiger partial charge in [-0.2, -0.15) is 0 Å². The molecule has 3 amide bonds. The van der Waals surface area contributed by atoms with E-state index in [1.165, 1.54) is 48.3 Å². The fourth-order valence-corrected chi connectivity index (χ4v) is 5.95. The summed E-state index contributed by atoms with van der Waals surface area (Å²) in [6.45, 7) is 1.19. The number of nitrogens with zero attached hydrogens (tertiary/aromatic N) is 2. The van der Waals surface area contributed by atoms with E-state index in [0.29, 0.717) is 22.4 Å². The fraction of sp³-hybridized carbons (Fsp3) is 0.355. The van der Waals surface area contributed by atoms with E-state index in [9.17, 15) is 32.3 Å². The number of carbonyl (C=O) groups is 3. The smallest absolute Gasteiger partial charge is 0.270 e. The highest BCUT2D eigenvalue weighted by molar-refractivity contribution is 7.89. The highest BCUT2D eigenvalue weighted by atomic mass is 32.2. The molecule has 3 atom stereocenters. The zero-order valence-electron chi connectivity index (χ0n) is 24.3. The predicted molar refractivity (Wildman–Crippen MR) is 161 cm³/mol. The number of aromatic nitrogens is 1. The molecule has 5 rings (SSSR count). The van der Waals surface area contributed by atoms with Gasteiger partial charge < -0.3 is 20.6 Å². The standard InChI is InChI=1S/C31H34FN5O6S/c1-18(25-15-24(44(42,43)33-2)10-7-20(25)6-5-19-3-4-19)35-31(41)28-14-23(38)17-37(28)29(39)16-34-30(40)27-11-8-21-13-22(32)9-12-26(21)36-27/h5-13,15,18-19,23,28,33,38H,3-4,14,16-17H2,1-2H3,(H,34,40)(H,35,41)/b6-5+/t18-,23-,28+/m1/s1. The van der Waals surface area contributed by atoms with Crippen LogP contribution in [0.1, 0.15) is 53.8 Å². The van der Waals surface area contributed by atoms with Crippen molar-refractivity contribution < 1.29 is 32.3 Å². The van der Waals surface area contributed by atoms with Gasteiger partial charge >= 0.3 is 0 Å². The van der Waals surface area contributed by atoms with E-state index < -0.39 is 58.3 Å². The van der Waals surface area contributed by atoms with E-state index in [2.05, 4.69) is 26.4 Å². The van der Waals surface area contributed by atoms with Crippen molar-refractivity contribution in [3.63, 3.8) is 0 Å². The van der Waals surface area contributed by atoms with Crippen molar-refractivity contribution in [2.75, 3.05) is 20.1 Å². The molecule has 1 saturated carbocycles. The first-order chi connectivity index (χ1) is 20.9. The third-order valence-electron chi connectivity index (χ3n) is 7.82. The molecule has 2 aliphatic rings. The molecule has 44 heavy (non-hydrogen) atoms. The number of β-amino-alcohol motifs (C(OH)–C–C–N with tert-alkyl or cyclic N) is 1. The van der Waals surface area contributed by atoms with Gasteiger partial charge in [-0.3, -0.25) is 14.4 Å². The summed E-state index contributed by atoms with van der Waals surface area (Å²) < 4.78 is 40.7. The van der Waals surface area contributed by atoms with Gasteiger partial charge in [0.2, 0.25) is 21.8 Å². The number of pyridine rings is 1. The van der Waals surface area contributed by atoms with E-state index in [0.717, 1.165) is 18.4 Å². The van der Waals surface area contributed by atoms with Gasteiger partial charge in [0, 0.05) is 18.4 Å². The Labute approximate surface area is 254 Å². The predicted octanol–water partition coefficient (Wildman–Crippen LogP) is 2.27. The third-order valence-corrected chi connectivity index (χ3v) is 9.23. The molecule has 0 unspecified atom stereocenters. The molecule has 13 heteroatoms. The van der Waals surface area contributed by atoms with Gasteiger partial charge in [0.05, 0.1) is 29.1 Å². The Kier molecular flexibility index (Phi) is 9.09. The molecule has 1 saturated heterocycles. The van der Waals surface area contributed by atoms with Gasteiger partial charge in [-0.15, -0.1) is 0 Å². The summed E-state index contributed by atoms with van der Waals surface area (Å²) in [4.78, 5) is 44.7. The molecule has 3 aromatic rings. The number of rotatable bonds is 10. The summed E-state index contributed by atoms with van der Waals surface area (Å²) in [6, 6.07) is 10.0. The van der Waals surface area contributed by atoms with Crippen LogP contribution in [0.3, 0.4) is 0 Å². The van der Waals surface area contributed by atoms with Crippen LogP contribution in [0.2, 0.25) is 0 Å². The number of amides is 3. The van der Waals surface area contributed by atoms with E-state index in [4.69, 9.17) is 0 Å². The van der Waals surface area contributed by atoms with Crippen LogP contribution < -0.4 is 15.4 Å². The number of sulfonamides is 1. The lowest BCUT2D eigenvalue weighted by molar-refractivity contribution is -0.138. The number of hydrogen-bond acceptors (Lipinski definition) is 7. The number of carbonyl (C=O) groups excluding carboxylic acids is 3. The van der Waals surface area contributed by atoms with Crippen LogP contribution in [0, 0.1) is 11.7 Å². The minimum absolute atomic E-state index is 0.00361. The van der Waals surface area contributed by atoms with E-state index in [-0.39, 0.29) is 23.6 Å². The summed E-state index contributed by atoms with van der Waals surface area (Å²) >= 11 is 0. The number of aliphatic hydroxyl groups is 1. The Morgan fingerprint density at radius 2 is 1.91 bits per heavy atom. The number of halogens is 1. The molecule has 4 N–H and O–H groups in total. The van der Waals surface area contributed by atoms with E-state index in [1.54, 1.807) is 19.1 Å². The Morgan fingerprint density at radius 3 is 2.64 bits per heavy atom. The maximum atomic E-state index is 13.5. The molecule has 232 valence electrons. The average Bonchev–Trinajstić information content (AvgIpc) is 3.76. The summed E-state index contributed by atoms with van der Waals surface area (Å²) in [6.07, 6.45) is 5.24. The van der Waals surface area contributed by atoms with Crippen molar-refractivity contribution >= 4 is 44.7 Å². The molecule has 0 bridgehead atoms. The Hall–Kier alpha value is -4.20. The maximum absolute atomic E-state index is 13.5. The quantitative estimate of drug-likeness (QED) is 0.270. The Balaban J connectivity index is 1.27. The van der Waals surface area contributed by atoms with Crippen LogP contribution in [0.5, 0.6) is 0 Å². The first-order valence-corrected chi connectivity index (χ1v) is 15.8. The molecular formula is C31H34FN5O6S. The van der Waals surface area contributed by atoms with Gasteiger partial charge in [0.1, 0.15) is 17.6 Å².